The molecule has 3 aromatic rings. The van der Waals surface area contributed by atoms with Crippen LogP contribution in [0.5, 0.6) is 11.5 Å². The number of fused-ring (bicyclic) bond motifs is 2. The summed E-state index contributed by atoms with van der Waals surface area (Å²) >= 11 is 5.00. The van der Waals surface area contributed by atoms with Gasteiger partial charge in [-0.3, -0.25) is 9.69 Å². The van der Waals surface area contributed by atoms with E-state index >= 15 is 0 Å². The van der Waals surface area contributed by atoms with Gasteiger partial charge >= 0.3 is 0 Å². The maximum Gasteiger partial charge on any atom is 0.261 e. The van der Waals surface area contributed by atoms with Gasteiger partial charge in [0.25, 0.3) is 5.91 Å². The van der Waals surface area contributed by atoms with E-state index in [4.69, 9.17) is 14.5 Å². The molecule has 1 aliphatic rings. The molecule has 0 radical (unpaired) electrons. The largest absolute Gasteiger partial charge is 0.486 e. The van der Waals surface area contributed by atoms with Gasteiger partial charge in [-0.1, -0.05) is 23.5 Å². The summed E-state index contributed by atoms with van der Waals surface area (Å²) in [5.74, 6) is 1.37. The lowest BCUT2D eigenvalue weighted by Crippen LogP contribution is -2.33. The Kier molecular flexibility index (Phi) is 7.57. The monoisotopic (exact) mass is 511 g/mol. The van der Waals surface area contributed by atoms with Crippen molar-refractivity contribution >= 4 is 60.9 Å². The Bertz CT molecular complexity index is 1000. The van der Waals surface area contributed by atoms with Crippen LogP contribution in [0, 0.1) is 0 Å². The molecule has 6 nitrogen and oxygen atoms in total. The highest BCUT2D eigenvalue weighted by Crippen LogP contribution is 2.39. The Morgan fingerprint density at radius 3 is 2.53 bits per heavy atom. The number of anilines is 1. The van der Waals surface area contributed by atoms with E-state index in [9.17, 15) is 4.79 Å². The summed E-state index contributed by atoms with van der Waals surface area (Å²) in [5.41, 5.74) is 1.44. The van der Waals surface area contributed by atoms with Gasteiger partial charge in [0.1, 0.15) is 13.2 Å². The summed E-state index contributed by atoms with van der Waals surface area (Å²) in [7, 11) is 4.06. The number of carbonyl (C=O) groups is 1. The molecule has 1 aromatic heterocycles. The quantitative estimate of drug-likeness (QED) is 0.473. The number of halogens is 2. The molecular formula is C21H23BrClN3O3S. The van der Waals surface area contributed by atoms with E-state index in [0.717, 1.165) is 33.4 Å². The van der Waals surface area contributed by atoms with Crippen LogP contribution in [0.25, 0.3) is 10.2 Å². The molecule has 1 aliphatic heterocycles. The summed E-state index contributed by atoms with van der Waals surface area (Å²) in [4.78, 5) is 22.0. The maximum absolute atomic E-state index is 13.4. The van der Waals surface area contributed by atoms with E-state index in [1.54, 1.807) is 4.90 Å². The third kappa shape index (κ3) is 4.88. The Morgan fingerprint density at radius 2 is 1.83 bits per heavy atom. The molecule has 2 heterocycles. The second kappa shape index (κ2) is 9.96. The Morgan fingerprint density at radius 1 is 1.13 bits per heavy atom. The second-order valence-electron chi connectivity index (χ2n) is 7.05. The summed E-state index contributed by atoms with van der Waals surface area (Å²) in [5, 5.41) is 0.682. The SMILES string of the molecule is CN(C)CCCN(C(=O)c1ccccc1Br)c1nc2cc3c(cc2s1)OCCO3.Cl. The van der Waals surface area contributed by atoms with Crippen molar-refractivity contribution in [3.8, 4) is 11.5 Å². The Labute approximate surface area is 194 Å². The molecule has 160 valence electrons. The maximum atomic E-state index is 13.4. The first kappa shape index (κ1) is 22.8. The second-order valence-corrected chi connectivity index (χ2v) is 8.92. The van der Waals surface area contributed by atoms with Crippen LogP contribution in [0.2, 0.25) is 0 Å². The third-order valence-corrected chi connectivity index (χ3v) is 6.34. The summed E-state index contributed by atoms with van der Waals surface area (Å²) < 4.78 is 13.1. The average molecular weight is 513 g/mol. The lowest BCUT2D eigenvalue weighted by atomic mass is 10.2. The van der Waals surface area contributed by atoms with Gasteiger partial charge in [-0.05, 0) is 55.1 Å². The van der Waals surface area contributed by atoms with Crippen LogP contribution in [0.15, 0.2) is 40.9 Å². The first-order valence-corrected chi connectivity index (χ1v) is 11.0. The predicted molar refractivity (Wildman–Crippen MR) is 127 cm³/mol. The van der Waals surface area contributed by atoms with Crippen molar-refractivity contribution in [1.82, 2.24) is 9.88 Å². The number of carbonyl (C=O) groups excluding carboxylic acids is 1. The van der Waals surface area contributed by atoms with Crippen LogP contribution in [-0.2, 0) is 0 Å². The lowest BCUT2D eigenvalue weighted by Gasteiger charge is -2.21. The zero-order valence-corrected chi connectivity index (χ0v) is 20.0. The molecule has 0 saturated heterocycles. The van der Waals surface area contributed by atoms with Gasteiger partial charge in [0.2, 0.25) is 0 Å². The lowest BCUT2D eigenvalue weighted by molar-refractivity contribution is 0.0985. The first-order valence-electron chi connectivity index (χ1n) is 9.44. The highest BCUT2D eigenvalue weighted by Gasteiger charge is 2.24. The topological polar surface area (TPSA) is 54.9 Å². The van der Waals surface area contributed by atoms with Crippen LogP contribution in [0.4, 0.5) is 5.13 Å². The summed E-state index contributed by atoms with van der Waals surface area (Å²) in [6.07, 6.45) is 0.849. The first-order chi connectivity index (χ1) is 14.0. The highest BCUT2D eigenvalue weighted by molar-refractivity contribution is 9.10. The van der Waals surface area contributed by atoms with Crippen molar-refractivity contribution < 1.29 is 14.3 Å². The summed E-state index contributed by atoms with van der Waals surface area (Å²) in [6, 6.07) is 11.3. The minimum atomic E-state index is -0.0625. The smallest absolute Gasteiger partial charge is 0.261 e. The van der Waals surface area contributed by atoms with Crippen molar-refractivity contribution in [1.29, 1.82) is 0 Å². The Hall–Kier alpha value is -1.87. The average Bonchev–Trinajstić information content (AvgIpc) is 3.11. The number of hydrogen-bond acceptors (Lipinski definition) is 6. The molecule has 4 rings (SSSR count). The van der Waals surface area contributed by atoms with Crippen LogP contribution < -0.4 is 14.4 Å². The predicted octanol–water partition coefficient (Wildman–Crippen LogP) is 4.85. The third-order valence-electron chi connectivity index (χ3n) is 4.61. The summed E-state index contributed by atoms with van der Waals surface area (Å²) in [6.45, 7) is 2.56. The molecule has 30 heavy (non-hydrogen) atoms. The molecule has 9 heteroatoms. The number of ether oxygens (including phenoxy) is 2. The molecule has 0 saturated carbocycles. The normalized spacial score (nSPS) is 12.7. The molecule has 0 fully saturated rings. The number of thiazole rings is 1. The molecule has 0 spiro atoms. The van der Waals surface area contributed by atoms with Gasteiger partial charge in [0.15, 0.2) is 16.6 Å². The van der Waals surface area contributed by atoms with Crippen LogP contribution in [0.3, 0.4) is 0 Å². The molecule has 0 aliphatic carbocycles. The number of rotatable bonds is 6. The van der Waals surface area contributed by atoms with E-state index in [-0.39, 0.29) is 18.3 Å². The molecule has 0 atom stereocenters. The molecule has 0 unspecified atom stereocenters. The zero-order valence-electron chi connectivity index (χ0n) is 16.8. The van der Waals surface area contributed by atoms with Crippen molar-refractivity contribution in [3.05, 3.63) is 46.4 Å². The molecule has 0 N–H and O–H groups in total. The van der Waals surface area contributed by atoms with Gasteiger partial charge in [-0.25, -0.2) is 4.98 Å². The van der Waals surface area contributed by atoms with Crippen LogP contribution >= 0.6 is 39.7 Å². The van der Waals surface area contributed by atoms with E-state index in [0.29, 0.717) is 36.2 Å². The van der Waals surface area contributed by atoms with Crippen molar-refractivity contribution in [2.45, 2.75) is 6.42 Å². The van der Waals surface area contributed by atoms with Gasteiger partial charge in [-0.15, -0.1) is 12.4 Å². The van der Waals surface area contributed by atoms with Crippen molar-refractivity contribution in [2.75, 3.05) is 45.3 Å². The van der Waals surface area contributed by atoms with E-state index in [1.807, 2.05) is 50.5 Å². The van der Waals surface area contributed by atoms with Gasteiger partial charge in [0, 0.05) is 23.2 Å². The fourth-order valence-electron chi connectivity index (χ4n) is 3.18. The van der Waals surface area contributed by atoms with Crippen molar-refractivity contribution in [2.24, 2.45) is 0 Å². The fourth-order valence-corrected chi connectivity index (χ4v) is 4.63. The highest BCUT2D eigenvalue weighted by atomic mass is 79.9. The standard InChI is InChI=1S/C21H22BrN3O3S.ClH/c1-24(2)8-5-9-25(20(26)14-6-3-4-7-15(14)22)21-23-16-12-17-18(13-19(16)29-21)28-11-10-27-17;/h3-4,6-7,12-13H,5,8-11H2,1-2H3;1H. The molecule has 0 bridgehead atoms. The number of aromatic nitrogens is 1. The number of hydrogen-bond donors (Lipinski definition) is 0. The van der Waals surface area contributed by atoms with Gasteiger partial charge in [0.05, 0.1) is 15.8 Å². The molecular weight excluding hydrogens is 490 g/mol. The minimum Gasteiger partial charge on any atom is -0.486 e. The van der Waals surface area contributed by atoms with E-state index < -0.39 is 0 Å². The fraction of sp³-hybridized carbons (Fsp3) is 0.333. The number of nitrogens with zero attached hydrogens (tertiary/aromatic N) is 3. The van der Waals surface area contributed by atoms with Gasteiger partial charge < -0.3 is 14.4 Å². The molecule has 2 aromatic carbocycles. The van der Waals surface area contributed by atoms with Gasteiger partial charge in [-0.2, -0.15) is 0 Å². The number of amides is 1. The minimum absolute atomic E-state index is 0. The van der Waals surface area contributed by atoms with E-state index in [2.05, 4.69) is 20.8 Å². The van der Waals surface area contributed by atoms with E-state index in [1.165, 1.54) is 11.3 Å². The number of benzene rings is 2. The zero-order chi connectivity index (χ0) is 20.4. The van der Waals surface area contributed by atoms with Crippen molar-refractivity contribution in [3.63, 3.8) is 0 Å². The van der Waals surface area contributed by atoms with Crippen LogP contribution in [0.1, 0.15) is 16.8 Å². The Balaban J connectivity index is 0.00000256. The molecule has 1 amide bonds. The van der Waals surface area contributed by atoms with Crippen LogP contribution in [-0.4, -0.2) is 56.2 Å².